The molecule has 5 nitrogen and oxygen atoms in total. The molecule has 150 valence electrons. The second-order valence-electron chi connectivity index (χ2n) is 5.85. The van der Waals surface area contributed by atoms with Crippen molar-refractivity contribution < 1.29 is 22.7 Å². The van der Waals surface area contributed by atoms with E-state index in [4.69, 9.17) is 0 Å². The van der Waals surface area contributed by atoms with Gasteiger partial charge in [-0.2, -0.15) is 8.78 Å². The van der Waals surface area contributed by atoms with Gasteiger partial charge in [0, 0.05) is 28.5 Å². The molecule has 29 heavy (non-hydrogen) atoms. The Bertz CT molecular complexity index is 1020. The fourth-order valence-electron chi connectivity index (χ4n) is 2.56. The van der Waals surface area contributed by atoms with Crippen molar-refractivity contribution in [2.75, 3.05) is 5.32 Å². The summed E-state index contributed by atoms with van der Waals surface area (Å²) in [6, 6.07) is 13.4. The molecule has 0 fully saturated rings. The lowest BCUT2D eigenvalue weighted by Crippen LogP contribution is -2.24. The van der Waals surface area contributed by atoms with E-state index in [1.165, 1.54) is 30.5 Å². The molecule has 0 saturated carbocycles. The Hall–Kier alpha value is -3.07. The number of amides is 1. The molecule has 2 N–H and O–H groups in total. The van der Waals surface area contributed by atoms with Crippen LogP contribution in [0, 0.1) is 5.82 Å². The summed E-state index contributed by atoms with van der Waals surface area (Å²) in [6.07, 6.45) is 1.49. The molecule has 3 rings (SSSR count). The van der Waals surface area contributed by atoms with Crippen molar-refractivity contribution in [3.05, 3.63) is 82.2 Å². The van der Waals surface area contributed by atoms with Crippen LogP contribution in [-0.2, 0) is 6.54 Å². The number of pyridine rings is 1. The third kappa shape index (κ3) is 5.71. The highest BCUT2D eigenvalue weighted by Gasteiger charge is 2.15. The maximum absolute atomic E-state index is 13.4. The number of benzene rings is 2. The lowest BCUT2D eigenvalue weighted by Gasteiger charge is -2.14. The Morgan fingerprint density at radius 2 is 1.97 bits per heavy atom. The molecule has 3 aromatic rings. The number of alkyl halides is 2. The van der Waals surface area contributed by atoms with Crippen molar-refractivity contribution in [3.8, 4) is 5.75 Å². The zero-order valence-electron chi connectivity index (χ0n) is 14.8. The third-order valence-electron chi connectivity index (χ3n) is 3.82. The molecule has 0 aliphatic rings. The van der Waals surface area contributed by atoms with Gasteiger partial charge in [0.05, 0.1) is 5.56 Å². The zero-order chi connectivity index (χ0) is 20.8. The highest BCUT2D eigenvalue weighted by atomic mass is 79.9. The normalized spacial score (nSPS) is 10.7. The molecule has 9 heteroatoms. The topological polar surface area (TPSA) is 63.2 Å². The molecule has 2 aromatic carbocycles. The van der Waals surface area contributed by atoms with Crippen molar-refractivity contribution >= 4 is 33.3 Å². The fourth-order valence-corrected chi connectivity index (χ4v) is 2.97. The summed E-state index contributed by atoms with van der Waals surface area (Å²) in [5, 5.41) is 5.55. The molecule has 0 spiro atoms. The Morgan fingerprint density at radius 1 is 1.14 bits per heavy atom. The Balaban J connectivity index is 1.76. The summed E-state index contributed by atoms with van der Waals surface area (Å²) in [6.45, 7) is -3.03. The number of nitrogens with one attached hydrogen (secondary N) is 2. The van der Waals surface area contributed by atoms with Gasteiger partial charge < -0.3 is 15.4 Å². The number of hydrogen-bond donors (Lipinski definition) is 2. The van der Waals surface area contributed by atoms with Gasteiger partial charge in [-0.3, -0.25) is 4.79 Å². The molecule has 0 saturated heterocycles. The Labute approximate surface area is 173 Å². The van der Waals surface area contributed by atoms with Gasteiger partial charge in [0.25, 0.3) is 5.91 Å². The summed E-state index contributed by atoms with van der Waals surface area (Å²) < 4.78 is 43.7. The summed E-state index contributed by atoms with van der Waals surface area (Å²) in [5.74, 6) is -0.722. The molecule has 0 aliphatic carbocycles. The largest absolute Gasteiger partial charge is 0.434 e. The van der Waals surface area contributed by atoms with Gasteiger partial charge in [-0.1, -0.05) is 22.0 Å². The van der Waals surface area contributed by atoms with E-state index in [0.717, 1.165) is 0 Å². The van der Waals surface area contributed by atoms with Crippen molar-refractivity contribution in [1.29, 1.82) is 0 Å². The number of carbonyl (C=O) groups excluding carboxylic acids is 1. The van der Waals surface area contributed by atoms with Crippen LogP contribution in [0.4, 0.5) is 24.7 Å². The van der Waals surface area contributed by atoms with Crippen molar-refractivity contribution in [3.63, 3.8) is 0 Å². The maximum atomic E-state index is 13.4. The smallest absolute Gasteiger partial charge is 0.387 e. The van der Waals surface area contributed by atoms with E-state index in [9.17, 15) is 18.0 Å². The lowest BCUT2D eigenvalue weighted by atomic mass is 10.2. The zero-order valence-corrected chi connectivity index (χ0v) is 16.4. The summed E-state index contributed by atoms with van der Waals surface area (Å²) >= 11 is 3.26. The number of anilines is 2. The average molecular weight is 466 g/mol. The molecule has 0 bridgehead atoms. The van der Waals surface area contributed by atoms with Crippen LogP contribution in [0.2, 0.25) is 0 Å². The molecule has 1 amide bonds. The fraction of sp³-hybridized carbons (Fsp3) is 0.100. The van der Waals surface area contributed by atoms with Crippen molar-refractivity contribution in [2.45, 2.75) is 13.2 Å². The number of aromatic nitrogens is 1. The van der Waals surface area contributed by atoms with Crippen LogP contribution in [0.5, 0.6) is 5.75 Å². The number of hydrogen-bond acceptors (Lipinski definition) is 4. The number of ether oxygens (including phenoxy) is 1. The first-order chi connectivity index (χ1) is 13.9. The number of rotatable bonds is 7. The SMILES string of the molecule is O=C(NCc1cc(Br)ccc1OC(F)F)c1cccnc1Nc1cccc(F)c1. The van der Waals surface area contributed by atoms with Crippen LogP contribution in [0.1, 0.15) is 15.9 Å². The van der Waals surface area contributed by atoms with Crippen molar-refractivity contribution in [1.82, 2.24) is 10.3 Å². The van der Waals surface area contributed by atoms with E-state index < -0.39 is 18.3 Å². The molecule has 1 heterocycles. The predicted molar refractivity (Wildman–Crippen MR) is 106 cm³/mol. The van der Waals surface area contributed by atoms with E-state index in [0.29, 0.717) is 15.7 Å². The number of nitrogens with zero attached hydrogens (tertiary/aromatic N) is 1. The number of carbonyl (C=O) groups is 1. The van der Waals surface area contributed by atoms with E-state index >= 15 is 0 Å². The van der Waals surface area contributed by atoms with E-state index in [-0.39, 0.29) is 23.7 Å². The molecule has 0 aliphatic heterocycles. The quantitative estimate of drug-likeness (QED) is 0.499. The van der Waals surface area contributed by atoms with Gasteiger partial charge in [0.2, 0.25) is 0 Å². The second-order valence-corrected chi connectivity index (χ2v) is 6.76. The minimum Gasteiger partial charge on any atom is -0.434 e. The van der Waals surface area contributed by atoms with E-state index in [2.05, 4.69) is 36.3 Å². The Morgan fingerprint density at radius 3 is 2.72 bits per heavy atom. The van der Waals surface area contributed by atoms with Crippen LogP contribution in [-0.4, -0.2) is 17.5 Å². The van der Waals surface area contributed by atoms with E-state index in [1.807, 2.05) is 0 Å². The second kappa shape index (κ2) is 9.42. The minimum atomic E-state index is -2.98. The lowest BCUT2D eigenvalue weighted by molar-refractivity contribution is -0.0504. The molecule has 0 atom stereocenters. The minimum absolute atomic E-state index is 0.0344. The average Bonchev–Trinajstić information content (AvgIpc) is 2.68. The third-order valence-corrected chi connectivity index (χ3v) is 4.31. The first-order valence-corrected chi connectivity index (χ1v) is 9.21. The van der Waals surface area contributed by atoms with E-state index in [1.54, 1.807) is 30.3 Å². The Kier molecular flexibility index (Phi) is 6.71. The first-order valence-electron chi connectivity index (χ1n) is 8.41. The standard InChI is InChI=1S/C20H15BrF3N3O2/c21-13-6-7-17(29-20(23)24)12(9-13)11-26-19(28)16-5-2-8-25-18(16)27-15-4-1-3-14(22)10-15/h1-10,20H,11H2,(H,25,27)(H,26,28). The van der Waals surface area contributed by atoms with Crippen LogP contribution < -0.4 is 15.4 Å². The van der Waals surface area contributed by atoms with Gasteiger partial charge >= 0.3 is 6.61 Å². The van der Waals surface area contributed by atoms with Crippen molar-refractivity contribution in [2.24, 2.45) is 0 Å². The molecular weight excluding hydrogens is 451 g/mol. The van der Waals surface area contributed by atoms with Gasteiger partial charge in [-0.05, 0) is 48.5 Å². The molecular formula is C20H15BrF3N3O2. The van der Waals surface area contributed by atoms with Gasteiger partial charge in [0.15, 0.2) is 0 Å². The van der Waals surface area contributed by atoms with Crippen LogP contribution in [0.25, 0.3) is 0 Å². The van der Waals surface area contributed by atoms with Gasteiger partial charge in [-0.15, -0.1) is 0 Å². The van der Waals surface area contributed by atoms with Gasteiger partial charge in [0.1, 0.15) is 17.4 Å². The summed E-state index contributed by atoms with van der Waals surface area (Å²) in [4.78, 5) is 16.8. The van der Waals surface area contributed by atoms with Crippen LogP contribution in [0.15, 0.2) is 65.3 Å². The molecule has 1 aromatic heterocycles. The summed E-state index contributed by atoms with van der Waals surface area (Å²) in [7, 11) is 0. The van der Waals surface area contributed by atoms with Crippen LogP contribution in [0.3, 0.4) is 0 Å². The highest BCUT2D eigenvalue weighted by Crippen LogP contribution is 2.25. The first kappa shape index (κ1) is 20.7. The number of halogens is 4. The molecule has 0 radical (unpaired) electrons. The van der Waals surface area contributed by atoms with Gasteiger partial charge in [-0.25, -0.2) is 9.37 Å². The maximum Gasteiger partial charge on any atom is 0.387 e. The highest BCUT2D eigenvalue weighted by molar-refractivity contribution is 9.10. The predicted octanol–water partition coefficient (Wildman–Crippen LogP) is 5.26. The van der Waals surface area contributed by atoms with Crippen LogP contribution >= 0.6 is 15.9 Å². The monoisotopic (exact) mass is 465 g/mol. The molecule has 0 unspecified atom stereocenters. The summed E-state index contributed by atoms with van der Waals surface area (Å²) in [5.41, 5.74) is 1.01.